The van der Waals surface area contributed by atoms with E-state index in [2.05, 4.69) is 31.8 Å². The number of halogens is 2. The number of likely N-dealkylation sites (tertiary alicyclic amines) is 2. The molecular weight excluding hydrogens is 699 g/mol. The van der Waals surface area contributed by atoms with E-state index >= 15 is 0 Å². The van der Waals surface area contributed by atoms with Crippen LogP contribution in [0.2, 0.25) is 10.0 Å². The van der Waals surface area contributed by atoms with Crippen LogP contribution < -0.4 is 20.7 Å². The highest BCUT2D eigenvalue weighted by Crippen LogP contribution is 2.43. The Kier molecular flexibility index (Phi) is 9.04. The summed E-state index contributed by atoms with van der Waals surface area (Å²) in [5, 5.41) is 19.8. The fraction of sp³-hybridized carbons (Fsp3) is 0.359. The van der Waals surface area contributed by atoms with Gasteiger partial charge in [0.05, 0.1) is 32.5 Å². The van der Waals surface area contributed by atoms with Crippen LogP contribution in [0.1, 0.15) is 36.8 Å². The van der Waals surface area contributed by atoms with Crippen LogP contribution in [0, 0.1) is 11.3 Å². The first kappa shape index (κ1) is 34.4. The molecule has 13 heteroatoms. The van der Waals surface area contributed by atoms with Gasteiger partial charge in [-0.2, -0.15) is 5.26 Å². The highest BCUT2D eigenvalue weighted by atomic mass is 35.5. The van der Waals surface area contributed by atoms with Gasteiger partial charge in [0.2, 0.25) is 17.7 Å². The largest absolute Gasteiger partial charge is 0.462 e. The minimum absolute atomic E-state index is 0.0706. The van der Waals surface area contributed by atoms with Crippen molar-refractivity contribution in [1.29, 1.82) is 5.26 Å². The first-order valence-electron chi connectivity index (χ1n) is 17.5. The van der Waals surface area contributed by atoms with Crippen molar-refractivity contribution < 1.29 is 14.3 Å². The van der Waals surface area contributed by atoms with Crippen LogP contribution >= 0.6 is 23.2 Å². The Labute approximate surface area is 312 Å². The number of benzene rings is 2. The maximum atomic E-state index is 11.8. The van der Waals surface area contributed by atoms with Crippen molar-refractivity contribution >= 4 is 40.8 Å². The molecule has 2 aromatic heterocycles. The van der Waals surface area contributed by atoms with Gasteiger partial charge in [-0.05, 0) is 25.0 Å². The fourth-order valence-corrected chi connectivity index (χ4v) is 8.82. The van der Waals surface area contributed by atoms with Gasteiger partial charge in [0, 0.05) is 92.5 Å². The van der Waals surface area contributed by atoms with Crippen molar-refractivity contribution in [1.82, 2.24) is 30.4 Å². The molecule has 0 bridgehead atoms. The summed E-state index contributed by atoms with van der Waals surface area (Å²) in [5.74, 6) is 1.41. The highest BCUT2D eigenvalue weighted by Gasteiger charge is 2.48. The fourth-order valence-electron chi connectivity index (χ4n) is 8.17. The summed E-state index contributed by atoms with van der Waals surface area (Å²) in [7, 11) is 1.86. The molecular formula is C39H38Cl2N8O3. The zero-order valence-corrected chi connectivity index (χ0v) is 30.3. The van der Waals surface area contributed by atoms with Gasteiger partial charge >= 0.3 is 0 Å². The molecule has 2 aromatic carbocycles. The lowest BCUT2D eigenvalue weighted by Crippen LogP contribution is -2.66. The van der Waals surface area contributed by atoms with Crippen LogP contribution in [-0.4, -0.2) is 82.5 Å². The third kappa shape index (κ3) is 6.45. The molecule has 4 aromatic rings. The second-order valence-electron chi connectivity index (χ2n) is 14.3. The van der Waals surface area contributed by atoms with Crippen LogP contribution in [0.4, 0.5) is 5.82 Å². The standard InChI is InChI=1S/C39H38Cl2N8O3/c1-43-36-24(18-48-20-38(21-48)14-12-32(50)46-38)8-10-30(44-36)28-6-2-4-26(34(28)40)27-5-3-7-29(35(27)41)31-11-9-25(37(45-31)52-17-16-42)19-49-22-39(23-49)15-13-33(51)47-39/h2-11H,12-15,17-23H2,1H3,(H,43,44)(H,46,50)(H,47,51). The van der Waals surface area contributed by atoms with Crippen molar-refractivity contribution in [2.24, 2.45) is 0 Å². The summed E-state index contributed by atoms with van der Waals surface area (Å²) < 4.78 is 5.81. The number of anilines is 1. The van der Waals surface area contributed by atoms with Gasteiger partial charge < -0.3 is 20.7 Å². The molecule has 266 valence electrons. The van der Waals surface area contributed by atoms with Gasteiger partial charge in [-0.1, -0.05) is 71.7 Å². The summed E-state index contributed by atoms with van der Waals surface area (Å²) in [5.41, 5.74) is 6.06. The van der Waals surface area contributed by atoms with Gasteiger partial charge in [0.15, 0.2) is 6.61 Å². The molecule has 3 N–H and O–H groups in total. The molecule has 8 rings (SSSR count). The van der Waals surface area contributed by atoms with Gasteiger partial charge in [-0.15, -0.1) is 0 Å². The van der Waals surface area contributed by atoms with E-state index in [1.165, 1.54) is 0 Å². The van der Waals surface area contributed by atoms with E-state index < -0.39 is 0 Å². The number of amides is 2. The SMILES string of the molecule is CNc1nc(-c2cccc(-c3cccc(-c4ccc(CN5CC6(CCC(=O)N6)C5)c(OCC#N)n4)c3Cl)c2Cl)ccc1CN1CC2(CCC(=O)N2)C1. The zero-order valence-electron chi connectivity index (χ0n) is 28.8. The van der Waals surface area contributed by atoms with E-state index in [0.717, 1.165) is 84.9 Å². The van der Waals surface area contributed by atoms with E-state index in [0.29, 0.717) is 46.6 Å². The molecule has 0 saturated carbocycles. The van der Waals surface area contributed by atoms with Crippen LogP contribution in [-0.2, 0) is 22.7 Å². The second kappa shape index (κ2) is 13.7. The maximum Gasteiger partial charge on any atom is 0.220 e. The molecule has 6 heterocycles. The Balaban J connectivity index is 1.03. The number of pyridine rings is 2. The van der Waals surface area contributed by atoms with Crippen molar-refractivity contribution in [3.63, 3.8) is 0 Å². The predicted octanol–water partition coefficient (Wildman–Crippen LogP) is 5.66. The third-order valence-corrected chi connectivity index (χ3v) is 11.4. The van der Waals surface area contributed by atoms with Gasteiger partial charge in [-0.25, -0.2) is 9.97 Å². The molecule has 2 amide bonds. The number of nitrogens with one attached hydrogen (secondary N) is 3. The Hall–Kier alpha value is -4.73. The lowest BCUT2D eigenvalue weighted by atomic mass is 9.88. The Morgan fingerprint density at radius 1 is 0.769 bits per heavy atom. The number of carbonyl (C=O) groups is 2. The third-order valence-electron chi connectivity index (χ3n) is 10.6. The number of nitrogens with zero attached hydrogens (tertiary/aromatic N) is 5. The molecule has 2 spiro atoms. The molecule has 0 aliphatic carbocycles. The smallest absolute Gasteiger partial charge is 0.220 e. The predicted molar refractivity (Wildman–Crippen MR) is 200 cm³/mol. The molecule has 4 fully saturated rings. The van der Waals surface area contributed by atoms with E-state index in [9.17, 15) is 14.9 Å². The molecule has 0 unspecified atom stereocenters. The summed E-state index contributed by atoms with van der Waals surface area (Å²) in [4.78, 5) is 37.9. The highest BCUT2D eigenvalue weighted by molar-refractivity contribution is 6.39. The summed E-state index contributed by atoms with van der Waals surface area (Å²) in [6.45, 7) is 4.39. The lowest BCUT2D eigenvalue weighted by molar-refractivity contribution is -0.121. The first-order valence-corrected chi connectivity index (χ1v) is 18.2. The summed E-state index contributed by atoms with van der Waals surface area (Å²) >= 11 is 14.3. The Morgan fingerprint density at radius 2 is 1.27 bits per heavy atom. The summed E-state index contributed by atoms with van der Waals surface area (Å²) in [6.07, 6.45) is 2.92. The topological polar surface area (TPSA) is 136 Å². The normalized spacial score (nSPS) is 18.8. The van der Waals surface area contributed by atoms with Crippen molar-refractivity contribution in [3.05, 3.63) is 81.8 Å². The number of aromatic nitrogens is 2. The average Bonchev–Trinajstić information content (AvgIpc) is 3.71. The van der Waals surface area contributed by atoms with Gasteiger partial charge in [-0.3, -0.25) is 19.4 Å². The molecule has 52 heavy (non-hydrogen) atoms. The first-order chi connectivity index (χ1) is 25.2. The monoisotopic (exact) mass is 736 g/mol. The van der Waals surface area contributed by atoms with E-state index in [4.69, 9.17) is 37.9 Å². The van der Waals surface area contributed by atoms with Gasteiger partial charge in [0.1, 0.15) is 11.9 Å². The average molecular weight is 738 g/mol. The molecule has 4 aliphatic heterocycles. The molecule has 11 nitrogen and oxygen atoms in total. The number of ether oxygens (including phenoxy) is 1. The lowest BCUT2D eigenvalue weighted by Gasteiger charge is -2.48. The maximum absolute atomic E-state index is 11.8. The zero-order chi connectivity index (χ0) is 36.0. The molecule has 4 saturated heterocycles. The quantitative estimate of drug-likeness (QED) is 0.189. The second-order valence-corrected chi connectivity index (χ2v) is 15.1. The Bertz CT molecular complexity index is 2120. The van der Waals surface area contributed by atoms with E-state index in [1.54, 1.807) is 0 Å². The van der Waals surface area contributed by atoms with Crippen LogP contribution in [0.15, 0.2) is 60.7 Å². The van der Waals surface area contributed by atoms with E-state index in [1.807, 2.05) is 67.7 Å². The number of rotatable bonds is 10. The number of hydrogen-bond acceptors (Lipinski definition) is 9. The summed E-state index contributed by atoms with van der Waals surface area (Å²) in [6, 6.07) is 21.6. The van der Waals surface area contributed by atoms with Crippen LogP contribution in [0.3, 0.4) is 0 Å². The van der Waals surface area contributed by atoms with Crippen molar-refractivity contribution in [3.8, 4) is 45.6 Å². The Morgan fingerprint density at radius 3 is 1.77 bits per heavy atom. The molecule has 0 radical (unpaired) electrons. The minimum Gasteiger partial charge on any atom is -0.462 e. The van der Waals surface area contributed by atoms with Crippen molar-refractivity contribution in [2.45, 2.75) is 49.9 Å². The van der Waals surface area contributed by atoms with Crippen LogP contribution in [0.5, 0.6) is 5.88 Å². The minimum atomic E-state index is -0.136. The number of nitriles is 1. The van der Waals surface area contributed by atoms with Crippen LogP contribution in [0.25, 0.3) is 33.6 Å². The molecule has 4 aliphatic rings. The number of hydrogen-bond donors (Lipinski definition) is 3. The molecule has 0 atom stereocenters. The van der Waals surface area contributed by atoms with Gasteiger partial charge in [0.25, 0.3) is 0 Å². The van der Waals surface area contributed by atoms with E-state index in [-0.39, 0.29) is 29.5 Å². The number of carbonyl (C=O) groups excluding carboxylic acids is 2. The van der Waals surface area contributed by atoms with Crippen molar-refractivity contribution in [2.75, 3.05) is 45.2 Å².